The molecule has 1 aromatic carbocycles. The molecule has 1 fully saturated rings. The lowest BCUT2D eigenvalue weighted by atomic mass is 10.2. The van der Waals surface area contributed by atoms with Crippen molar-refractivity contribution in [1.29, 1.82) is 0 Å². The minimum atomic E-state index is -4.29. The third-order valence-corrected chi connectivity index (χ3v) is 4.05. The molecular formula is C13H16Cl2F3N3. The van der Waals surface area contributed by atoms with Gasteiger partial charge in [0.2, 0.25) is 0 Å². The predicted octanol–water partition coefficient (Wildman–Crippen LogP) is 3.22. The average Bonchev–Trinajstić information content (AvgIpc) is 2.85. The SMILES string of the molecule is FC(F)(F)CN(Cc1cccc(Cl)c1Cl)NC1CCNC1. The predicted molar refractivity (Wildman–Crippen MR) is 77.3 cm³/mol. The number of hydrazine groups is 1. The number of halogens is 5. The van der Waals surface area contributed by atoms with E-state index in [0.717, 1.165) is 18.0 Å². The second kappa shape index (κ2) is 7.15. The quantitative estimate of drug-likeness (QED) is 0.805. The molecule has 1 aliphatic rings. The summed E-state index contributed by atoms with van der Waals surface area (Å²) < 4.78 is 38.1. The smallest absolute Gasteiger partial charge is 0.315 e. The molecule has 1 aromatic rings. The zero-order valence-corrected chi connectivity index (χ0v) is 12.7. The summed E-state index contributed by atoms with van der Waals surface area (Å²) in [5.41, 5.74) is 3.48. The lowest BCUT2D eigenvalue weighted by Gasteiger charge is -2.28. The first-order chi connectivity index (χ1) is 9.85. The van der Waals surface area contributed by atoms with Crippen molar-refractivity contribution in [3.63, 3.8) is 0 Å². The molecule has 0 saturated carbocycles. The maximum atomic E-state index is 12.7. The summed E-state index contributed by atoms with van der Waals surface area (Å²) in [6.07, 6.45) is -3.50. The molecule has 0 bridgehead atoms. The van der Waals surface area contributed by atoms with Crippen molar-refractivity contribution in [2.75, 3.05) is 19.6 Å². The fraction of sp³-hybridized carbons (Fsp3) is 0.538. The van der Waals surface area contributed by atoms with E-state index >= 15 is 0 Å². The minimum Gasteiger partial charge on any atom is -0.315 e. The van der Waals surface area contributed by atoms with E-state index in [2.05, 4.69) is 10.7 Å². The molecule has 1 aliphatic heterocycles. The van der Waals surface area contributed by atoms with Crippen LogP contribution in [0.3, 0.4) is 0 Å². The molecule has 1 saturated heterocycles. The van der Waals surface area contributed by atoms with Crippen LogP contribution in [0.15, 0.2) is 18.2 Å². The zero-order valence-electron chi connectivity index (χ0n) is 11.2. The molecule has 1 atom stereocenters. The molecule has 21 heavy (non-hydrogen) atoms. The highest BCUT2D eigenvalue weighted by Gasteiger charge is 2.32. The summed E-state index contributed by atoms with van der Waals surface area (Å²) >= 11 is 11.9. The highest BCUT2D eigenvalue weighted by atomic mass is 35.5. The first-order valence-corrected chi connectivity index (χ1v) is 7.32. The Bertz CT molecular complexity index is 476. The second-order valence-corrected chi connectivity index (χ2v) is 5.79. The van der Waals surface area contributed by atoms with E-state index < -0.39 is 12.7 Å². The van der Waals surface area contributed by atoms with Crippen LogP contribution in [-0.2, 0) is 6.54 Å². The summed E-state index contributed by atoms with van der Waals surface area (Å²) in [5, 5.41) is 4.88. The Hall–Kier alpha value is -0.530. The largest absolute Gasteiger partial charge is 0.402 e. The first kappa shape index (κ1) is 16.8. The topological polar surface area (TPSA) is 27.3 Å². The van der Waals surface area contributed by atoms with Gasteiger partial charge in [-0.3, -0.25) is 5.43 Å². The molecule has 0 spiro atoms. The van der Waals surface area contributed by atoms with Crippen molar-refractivity contribution in [3.8, 4) is 0 Å². The molecule has 2 N–H and O–H groups in total. The van der Waals surface area contributed by atoms with Crippen molar-refractivity contribution < 1.29 is 13.2 Å². The van der Waals surface area contributed by atoms with Crippen LogP contribution in [-0.4, -0.2) is 36.9 Å². The number of hydrogen-bond donors (Lipinski definition) is 2. The van der Waals surface area contributed by atoms with E-state index in [1.165, 1.54) is 0 Å². The lowest BCUT2D eigenvalue weighted by Crippen LogP contribution is -2.49. The minimum absolute atomic E-state index is 0.00897. The average molecular weight is 342 g/mol. The first-order valence-electron chi connectivity index (χ1n) is 6.56. The Morgan fingerprint density at radius 1 is 1.33 bits per heavy atom. The highest BCUT2D eigenvalue weighted by Crippen LogP contribution is 2.27. The highest BCUT2D eigenvalue weighted by molar-refractivity contribution is 6.42. The van der Waals surface area contributed by atoms with Gasteiger partial charge in [-0.1, -0.05) is 35.3 Å². The van der Waals surface area contributed by atoms with Gasteiger partial charge in [0.25, 0.3) is 0 Å². The number of alkyl halides is 3. The lowest BCUT2D eigenvalue weighted by molar-refractivity contribution is -0.155. The number of hydrogen-bond acceptors (Lipinski definition) is 3. The fourth-order valence-electron chi connectivity index (χ4n) is 2.26. The molecule has 2 rings (SSSR count). The molecule has 1 heterocycles. The van der Waals surface area contributed by atoms with Crippen molar-refractivity contribution in [3.05, 3.63) is 33.8 Å². The van der Waals surface area contributed by atoms with Gasteiger partial charge in [0.15, 0.2) is 0 Å². The van der Waals surface area contributed by atoms with E-state index in [1.807, 2.05) is 0 Å². The zero-order chi connectivity index (χ0) is 15.5. The van der Waals surface area contributed by atoms with E-state index in [9.17, 15) is 13.2 Å². The van der Waals surface area contributed by atoms with E-state index in [-0.39, 0.29) is 17.6 Å². The summed E-state index contributed by atoms with van der Waals surface area (Å²) in [5.74, 6) is 0. The van der Waals surface area contributed by atoms with Gasteiger partial charge in [0.1, 0.15) is 6.54 Å². The number of rotatable bonds is 5. The van der Waals surface area contributed by atoms with E-state index in [0.29, 0.717) is 17.1 Å². The maximum Gasteiger partial charge on any atom is 0.402 e. The van der Waals surface area contributed by atoms with Crippen LogP contribution in [0.1, 0.15) is 12.0 Å². The van der Waals surface area contributed by atoms with Crippen molar-refractivity contribution in [1.82, 2.24) is 15.8 Å². The molecule has 0 radical (unpaired) electrons. The van der Waals surface area contributed by atoms with Crippen LogP contribution in [0, 0.1) is 0 Å². The Kier molecular flexibility index (Phi) is 5.73. The molecule has 1 unspecified atom stereocenters. The molecular weight excluding hydrogens is 326 g/mol. The van der Waals surface area contributed by atoms with Gasteiger partial charge in [-0.05, 0) is 24.6 Å². The normalized spacial score (nSPS) is 19.4. The summed E-state index contributed by atoms with van der Waals surface area (Å²) in [7, 11) is 0. The molecule has 0 aliphatic carbocycles. The number of benzene rings is 1. The summed E-state index contributed by atoms with van der Waals surface area (Å²) in [6, 6.07) is 4.94. The Morgan fingerprint density at radius 2 is 2.10 bits per heavy atom. The second-order valence-electron chi connectivity index (χ2n) is 5.00. The Balaban J connectivity index is 2.08. The van der Waals surface area contributed by atoms with Crippen molar-refractivity contribution in [2.24, 2.45) is 0 Å². The van der Waals surface area contributed by atoms with Crippen LogP contribution in [0.2, 0.25) is 10.0 Å². The van der Waals surface area contributed by atoms with Crippen molar-refractivity contribution in [2.45, 2.75) is 25.2 Å². The third-order valence-electron chi connectivity index (χ3n) is 3.19. The van der Waals surface area contributed by atoms with Crippen LogP contribution >= 0.6 is 23.2 Å². The van der Waals surface area contributed by atoms with Crippen LogP contribution in [0.4, 0.5) is 13.2 Å². The molecule has 118 valence electrons. The maximum absolute atomic E-state index is 12.7. The Labute approximate surface area is 131 Å². The summed E-state index contributed by atoms with van der Waals surface area (Å²) in [4.78, 5) is 0. The Morgan fingerprint density at radius 3 is 2.71 bits per heavy atom. The number of nitrogens with zero attached hydrogens (tertiary/aromatic N) is 1. The standard InChI is InChI=1S/C13H16Cl2F3N3/c14-11-3-1-2-9(12(11)15)7-21(8-13(16,17)18)20-10-4-5-19-6-10/h1-3,10,19-20H,4-8H2. The molecule has 0 amide bonds. The third kappa shape index (κ3) is 5.30. The fourth-order valence-corrected chi connectivity index (χ4v) is 2.64. The van der Waals surface area contributed by atoms with E-state index in [4.69, 9.17) is 23.2 Å². The van der Waals surface area contributed by atoms with Gasteiger partial charge in [-0.15, -0.1) is 0 Å². The summed E-state index contributed by atoms with van der Waals surface area (Å²) in [6.45, 7) is 0.439. The monoisotopic (exact) mass is 341 g/mol. The van der Waals surface area contributed by atoms with Gasteiger partial charge >= 0.3 is 6.18 Å². The van der Waals surface area contributed by atoms with Crippen molar-refractivity contribution >= 4 is 23.2 Å². The van der Waals surface area contributed by atoms with E-state index in [1.54, 1.807) is 18.2 Å². The number of nitrogens with one attached hydrogen (secondary N) is 2. The molecule has 8 heteroatoms. The van der Waals surface area contributed by atoms with Gasteiger partial charge < -0.3 is 5.32 Å². The van der Waals surface area contributed by atoms with Gasteiger partial charge in [0, 0.05) is 19.1 Å². The van der Waals surface area contributed by atoms with Gasteiger partial charge in [0.05, 0.1) is 10.0 Å². The van der Waals surface area contributed by atoms with Gasteiger partial charge in [-0.2, -0.15) is 13.2 Å². The van der Waals surface area contributed by atoms with Crippen LogP contribution < -0.4 is 10.7 Å². The molecule has 0 aromatic heterocycles. The van der Waals surface area contributed by atoms with Gasteiger partial charge in [-0.25, -0.2) is 5.01 Å². The molecule has 3 nitrogen and oxygen atoms in total. The van der Waals surface area contributed by atoms with Crippen LogP contribution in [0.25, 0.3) is 0 Å². The van der Waals surface area contributed by atoms with Crippen LogP contribution in [0.5, 0.6) is 0 Å².